The fourth-order valence-corrected chi connectivity index (χ4v) is 3.26. The molecule has 0 unspecified atom stereocenters. The van der Waals surface area contributed by atoms with E-state index in [1.807, 2.05) is 37.6 Å². The Balaban J connectivity index is 2.75. The third kappa shape index (κ3) is 2.43. The zero-order valence-corrected chi connectivity index (χ0v) is 12.5. The summed E-state index contributed by atoms with van der Waals surface area (Å²) in [5, 5.41) is 11.2. The van der Waals surface area contributed by atoms with Gasteiger partial charge in [-0.2, -0.15) is 11.3 Å². The highest BCUT2D eigenvalue weighted by Gasteiger charge is 2.30. The van der Waals surface area contributed by atoms with Crippen LogP contribution in [0.3, 0.4) is 0 Å². The second kappa shape index (κ2) is 4.32. The number of hydrogen-bond donors (Lipinski definition) is 0. The third-order valence-corrected chi connectivity index (χ3v) is 4.10. The molecule has 98 valence electrons. The molecular weight excluding hydrogens is 294 g/mol. The van der Waals surface area contributed by atoms with Crippen molar-refractivity contribution < 1.29 is 8.42 Å². The molecule has 0 aromatic carbocycles. The van der Waals surface area contributed by atoms with Crippen LogP contribution in [0.25, 0.3) is 11.4 Å². The van der Waals surface area contributed by atoms with E-state index in [0.717, 1.165) is 5.56 Å². The summed E-state index contributed by atoms with van der Waals surface area (Å²) in [7, 11) is 1.47. The highest BCUT2D eigenvalue weighted by molar-refractivity contribution is 8.13. The first-order chi connectivity index (χ1) is 8.21. The smallest absolute Gasteiger partial charge is 0.291 e. The van der Waals surface area contributed by atoms with Gasteiger partial charge in [0.05, 0.1) is 0 Å². The number of nitrogens with zero attached hydrogens (tertiary/aromatic N) is 3. The molecule has 0 bridgehead atoms. The molecule has 18 heavy (non-hydrogen) atoms. The van der Waals surface area contributed by atoms with Gasteiger partial charge in [0, 0.05) is 27.2 Å². The number of hydrogen-bond acceptors (Lipinski definition) is 5. The van der Waals surface area contributed by atoms with Crippen molar-refractivity contribution in [2.24, 2.45) is 0 Å². The van der Waals surface area contributed by atoms with Gasteiger partial charge in [-0.3, -0.25) is 4.57 Å². The third-order valence-electron chi connectivity index (χ3n) is 2.30. The molecule has 0 spiro atoms. The van der Waals surface area contributed by atoms with Gasteiger partial charge in [0.1, 0.15) is 0 Å². The molecular formula is C10H12ClN3O2S2. The van der Waals surface area contributed by atoms with E-state index < -0.39 is 14.6 Å². The van der Waals surface area contributed by atoms with Crippen LogP contribution in [0, 0.1) is 0 Å². The lowest BCUT2D eigenvalue weighted by atomic mass is 10.1. The molecule has 2 aromatic rings. The minimum atomic E-state index is -3.92. The van der Waals surface area contributed by atoms with Gasteiger partial charge in [-0.25, -0.2) is 8.42 Å². The maximum absolute atomic E-state index is 11.5. The van der Waals surface area contributed by atoms with E-state index in [9.17, 15) is 8.42 Å². The fraction of sp³-hybridized carbons (Fsp3) is 0.400. The average molecular weight is 306 g/mol. The Morgan fingerprint density at radius 1 is 1.33 bits per heavy atom. The zero-order valence-electron chi connectivity index (χ0n) is 10.1. The lowest BCUT2D eigenvalue weighted by molar-refractivity contribution is 0.367. The molecule has 0 aliphatic heterocycles. The lowest BCUT2D eigenvalue weighted by Gasteiger charge is -2.23. The maximum Gasteiger partial charge on any atom is 0.296 e. The van der Waals surface area contributed by atoms with Crippen molar-refractivity contribution in [2.45, 2.75) is 31.5 Å². The maximum atomic E-state index is 11.5. The first-order valence-electron chi connectivity index (χ1n) is 5.14. The summed E-state index contributed by atoms with van der Waals surface area (Å²) in [6, 6.07) is 1.86. The first-order valence-corrected chi connectivity index (χ1v) is 8.39. The predicted molar refractivity (Wildman–Crippen MR) is 71.4 cm³/mol. The summed E-state index contributed by atoms with van der Waals surface area (Å²) in [5.41, 5.74) is 0.340. The zero-order chi connectivity index (χ0) is 13.6. The molecule has 0 amide bonds. The Hall–Kier alpha value is -0.920. The Bertz CT molecular complexity index is 654. The van der Waals surface area contributed by atoms with Crippen molar-refractivity contribution in [1.29, 1.82) is 0 Å². The summed E-state index contributed by atoms with van der Waals surface area (Å²) in [6.07, 6.45) is 0. The topological polar surface area (TPSA) is 64.8 Å². The van der Waals surface area contributed by atoms with Gasteiger partial charge in [-0.1, -0.05) is 0 Å². The molecule has 2 rings (SSSR count). The minimum Gasteiger partial charge on any atom is -0.291 e. The van der Waals surface area contributed by atoms with E-state index in [-0.39, 0.29) is 5.16 Å². The van der Waals surface area contributed by atoms with Crippen LogP contribution < -0.4 is 0 Å². The lowest BCUT2D eigenvalue weighted by Crippen LogP contribution is -2.25. The van der Waals surface area contributed by atoms with E-state index in [1.165, 1.54) is 15.9 Å². The van der Waals surface area contributed by atoms with Crippen LogP contribution in [-0.2, 0) is 14.6 Å². The Morgan fingerprint density at radius 2 is 2.00 bits per heavy atom. The second-order valence-corrected chi connectivity index (χ2v) is 8.00. The van der Waals surface area contributed by atoms with E-state index in [2.05, 4.69) is 10.2 Å². The van der Waals surface area contributed by atoms with Gasteiger partial charge in [-0.05, 0) is 32.2 Å². The number of thiophene rings is 1. The Labute approximate surface area is 114 Å². The highest BCUT2D eigenvalue weighted by atomic mass is 35.7. The number of aromatic nitrogens is 3. The van der Waals surface area contributed by atoms with Crippen LogP contribution in [0.4, 0.5) is 0 Å². The highest BCUT2D eigenvalue weighted by Crippen LogP contribution is 2.30. The summed E-state index contributed by atoms with van der Waals surface area (Å²) in [6.45, 7) is 5.62. The van der Waals surface area contributed by atoms with Crippen LogP contribution in [0.2, 0.25) is 0 Å². The van der Waals surface area contributed by atoms with Gasteiger partial charge >= 0.3 is 0 Å². The van der Waals surface area contributed by atoms with Crippen molar-refractivity contribution in [1.82, 2.24) is 14.8 Å². The average Bonchev–Trinajstić information content (AvgIpc) is 2.83. The van der Waals surface area contributed by atoms with Crippen molar-refractivity contribution in [3.63, 3.8) is 0 Å². The van der Waals surface area contributed by atoms with E-state index >= 15 is 0 Å². The molecule has 0 N–H and O–H groups in total. The van der Waals surface area contributed by atoms with Crippen LogP contribution in [0.5, 0.6) is 0 Å². The number of rotatable bonds is 2. The van der Waals surface area contributed by atoms with Gasteiger partial charge in [-0.15, -0.1) is 10.2 Å². The van der Waals surface area contributed by atoms with Gasteiger partial charge in [0.2, 0.25) is 0 Å². The first kappa shape index (κ1) is 13.5. The SMILES string of the molecule is CC(C)(C)n1c(-c2ccsc2)nnc1S(=O)(=O)Cl. The molecule has 2 heterocycles. The van der Waals surface area contributed by atoms with Gasteiger partial charge in [0.25, 0.3) is 14.2 Å². The number of halogens is 1. The van der Waals surface area contributed by atoms with Crippen molar-refractivity contribution in [3.8, 4) is 11.4 Å². The molecule has 0 aliphatic carbocycles. The van der Waals surface area contributed by atoms with Crippen molar-refractivity contribution in [3.05, 3.63) is 16.8 Å². The van der Waals surface area contributed by atoms with E-state index in [1.54, 1.807) is 0 Å². The summed E-state index contributed by atoms with van der Waals surface area (Å²) in [4.78, 5) is 0. The Kier molecular flexibility index (Phi) is 3.25. The molecule has 0 atom stereocenters. The molecule has 0 radical (unpaired) electrons. The van der Waals surface area contributed by atoms with Gasteiger partial charge < -0.3 is 0 Å². The quantitative estimate of drug-likeness (QED) is 0.800. The van der Waals surface area contributed by atoms with Crippen molar-refractivity contribution >= 4 is 31.1 Å². The molecule has 0 saturated heterocycles. The van der Waals surface area contributed by atoms with Crippen LogP contribution >= 0.6 is 22.0 Å². The molecule has 8 heteroatoms. The van der Waals surface area contributed by atoms with Crippen LogP contribution in [-0.4, -0.2) is 23.2 Å². The molecule has 0 fully saturated rings. The standard InChI is InChI=1S/C10H12ClN3O2S2/c1-10(2,3)14-8(7-4-5-17-6-7)12-13-9(14)18(11,15)16/h4-6H,1-3H3. The summed E-state index contributed by atoms with van der Waals surface area (Å²) in [5.74, 6) is 0.503. The summed E-state index contributed by atoms with van der Waals surface area (Å²) < 4.78 is 24.6. The molecule has 5 nitrogen and oxygen atoms in total. The van der Waals surface area contributed by atoms with Crippen LogP contribution in [0.1, 0.15) is 20.8 Å². The second-order valence-electron chi connectivity index (χ2n) is 4.76. The van der Waals surface area contributed by atoms with E-state index in [0.29, 0.717) is 5.82 Å². The predicted octanol–water partition coefficient (Wildman–Crippen LogP) is 2.69. The normalized spacial score (nSPS) is 12.9. The van der Waals surface area contributed by atoms with Gasteiger partial charge in [0.15, 0.2) is 5.82 Å². The molecule has 2 aromatic heterocycles. The molecule has 0 aliphatic rings. The monoisotopic (exact) mass is 305 g/mol. The fourth-order valence-electron chi connectivity index (χ4n) is 1.61. The minimum absolute atomic E-state index is 0.224. The largest absolute Gasteiger partial charge is 0.296 e. The van der Waals surface area contributed by atoms with Crippen LogP contribution in [0.15, 0.2) is 22.0 Å². The molecule has 0 saturated carbocycles. The summed E-state index contributed by atoms with van der Waals surface area (Å²) >= 11 is 1.51. The van der Waals surface area contributed by atoms with E-state index in [4.69, 9.17) is 10.7 Å². The van der Waals surface area contributed by atoms with Crippen molar-refractivity contribution in [2.75, 3.05) is 0 Å². The Morgan fingerprint density at radius 3 is 2.44 bits per heavy atom.